The first-order valence-electron chi connectivity index (χ1n) is 9.52. The number of hydrogen-bond acceptors (Lipinski definition) is 4. The summed E-state index contributed by atoms with van der Waals surface area (Å²) in [6, 6.07) is 11.2. The molecule has 1 aromatic heterocycles. The molecular formula is C21H27N3O3. The minimum absolute atomic E-state index is 0.0275. The van der Waals surface area contributed by atoms with Gasteiger partial charge in [0.05, 0.1) is 13.2 Å². The maximum Gasteiger partial charge on any atom is 0.321 e. The van der Waals surface area contributed by atoms with Crippen molar-refractivity contribution in [2.24, 2.45) is 0 Å². The number of unbranched alkanes of at least 4 members (excludes halogenated alkanes) is 1. The van der Waals surface area contributed by atoms with Gasteiger partial charge in [-0.2, -0.15) is 0 Å². The minimum Gasteiger partial charge on any atom is -0.494 e. The quantitative estimate of drug-likeness (QED) is 0.741. The number of rotatable bonds is 7. The van der Waals surface area contributed by atoms with E-state index in [0.717, 1.165) is 36.3 Å². The van der Waals surface area contributed by atoms with E-state index in [1.54, 1.807) is 11.1 Å². The molecule has 1 atom stereocenters. The molecule has 6 nitrogen and oxygen atoms in total. The monoisotopic (exact) mass is 369 g/mol. The van der Waals surface area contributed by atoms with Gasteiger partial charge in [-0.25, -0.2) is 9.78 Å². The predicted molar refractivity (Wildman–Crippen MR) is 105 cm³/mol. The molecule has 2 aromatic rings. The fourth-order valence-electron chi connectivity index (χ4n) is 2.87. The summed E-state index contributed by atoms with van der Waals surface area (Å²) in [5.41, 5.74) is 1.85. The summed E-state index contributed by atoms with van der Waals surface area (Å²) in [7, 11) is 0. The van der Waals surface area contributed by atoms with Crippen LogP contribution in [-0.2, 0) is 0 Å². The Kier molecular flexibility index (Phi) is 6.52. The van der Waals surface area contributed by atoms with Gasteiger partial charge < -0.3 is 19.7 Å². The molecule has 27 heavy (non-hydrogen) atoms. The van der Waals surface area contributed by atoms with Gasteiger partial charge in [0.1, 0.15) is 11.9 Å². The number of urea groups is 1. The fraction of sp³-hybridized carbons (Fsp3) is 0.429. The average Bonchev–Trinajstić information content (AvgIpc) is 3.14. The van der Waals surface area contributed by atoms with Gasteiger partial charge in [0.15, 0.2) is 0 Å². The maximum absolute atomic E-state index is 12.5. The molecule has 144 valence electrons. The molecule has 1 unspecified atom stereocenters. The minimum atomic E-state index is -0.113. The number of hydrogen-bond donors (Lipinski definition) is 1. The van der Waals surface area contributed by atoms with E-state index in [-0.39, 0.29) is 12.1 Å². The van der Waals surface area contributed by atoms with Gasteiger partial charge in [0.2, 0.25) is 5.88 Å². The normalized spacial score (nSPS) is 16.2. The van der Waals surface area contributed by atoms with E-state index in [0.29, 0.717) is 25.6 Å². The smallest absolute Gasteiger partial charge is 0.321 e. The molecule has 0 radical (unpaired) electrons. The third kappa shape index (κ3) is 5.61. The largest absolute Gasteiger partial charge is 0.494 e. The molecule has 1 saturated heterocycles. The van der Waals surface area contributed by atoms with E-state index in [1.165, 1.54) is 0 Å². The van der Waals surface area contributed by atoms with E-state index in [9.17, 15) is 4.79 Å². The standard InChI is InChI=1S/C21H27N3O3/c1-3-4-13-26-18-8-6-17(7-9-18)23-21(25)24-12-11-19(15-24)27-20-10-5-16(2)14-22-20/h5-10,14,19H,3-4,11-13,15H2,1-2H3,(H,23,25). The van der Waals surface area contributed by atoms with Crippen LogP contribution in [0.3, 0.4) is 0 Å². The first-order chi connectivity index (χ1) is 13.1. The van der Waals surface area contributed by atoms with Crippen molar-refractivity contribution in [1.82, 2.24) is 9.88 Å². The highest BCUT2D eigenvalue weighted by atomic mass is 16.5. The lowest BCUT2D eigenvalue weighted by Crippen LogP contribution is -2.34. The Bertz CT molecular complexity index is 731. The number of likely N-dealkylation sites (tertiary alicyclic amines) is 1. The van der Waals surface area contributed by atoms with Crippen LogP contribution >= 0.6 is 0 Å². The molecule has 0 spiro atoms. The third-order valence-corrected chi connectivity index (χ3v) is 4.48. The average molecular weight is 369 g/mol. The van der Waals surface area contributed by atoms with Gasteiger partial charge in [-0.3, -0.25) is 0 Å². The van der Waals surface area contributed by atoms with Gasteiger partial charge >= 0.3 is 6.03 Å². The van der Waals surface area contributed by atoms with Crippen LogP contribution in [0.25, 0.3) is 0 Å². The van der Waals surface area contributed by atoms with E-state index < -0.39 is 0 Å². The molecule has 1 aliphatic heterocycles. The number of anilines is 1. The third-order valence-electron chi connectivity index (χ3n) is 4.48. The summed E-state index contributed by atoms with van der Waals surface area (Å²) in [5.74, 6) is 1.42. The van der Waals surface area contributed by atoms with Crippen LogP contribution in [0.15, 0.2) is 42.6 Å². The summed E-state index contributed by atoms with van der Waals surface area (Å²) < 4.78 is 11.5. The summed E-state index contributed by atoms with van der Waals surface area (Å²) >= 11 is 0. The Hall–Kier alpha value is -2.76. The lowest BCUT2D eigenvalue weighted by molar-refractivity contribution is 0.190. The second-order valence-corrected chi connectivity index (χ2v) is 6.80. The Morgan fingerprint density at radius 1 is 1.26 bits per heavy atom. The van der Waals surface area contributed by atoms with Crippen LogP contribution in [0.5, 0.6) is 11.6 Å². The van der Waals surface area contributed by atoms with Crippen molar-refractivity contribution < 1.29 is 14.3 Å². The summed E-state index contributed by atoms with van der Waals surface area (Å²) in [5, 5.41) is 2.93. The molecule has 6 heteroatoms. The number of benzene rings is 1. The molecule has 0 aliphatic carbocycles. The number of carbonyl (C=O) groups excluding carboxylic acids is 1. The molecule has 1 fully saturated rings. The molecule has 3 rings (SSSR count). The Labute approximate surface area is 160 Å². The number of amides is 2. The molecule has 1 aromatic carbocycles. The van der Waals surface area contributed by atoms with E-state index in [1.807, 2.05) is 43.3 Å². The fourth-order valence-corrected chi connectivity index (χ4v) is 2.87. The summed E-state index contributed by atoms with van der Waals surface area (Å²) in [6.07, 6.45) is 4.70. The maximum atomic E-state index is 12.5. The van der Waals surface area contributed by atoms with Crippen LogP contribution in [-0.4, -0.2) is 41.7 Å². The number of aromatic nitrogens is 1. The molecule has 1 N–H and O–H groups in total. The van der Waals surface area contributed by atoms with Crippen LogP contribution in [0.1, 0.15) is 31.7 Å². The zero-order valence-electron chi connectivity index (χ0n) is 16.0. The van der Waals surface area contributed by atoms with Gasteiger partial charge in [-0.1, -0.05) is 19.4 Å². The second kappa shape index (κ2) is 9.26. The zero-order valence-corrected chi connectivity index (χ0v) is 16.0. The van der Waals surface area contributed by atoms with E-state index >= 15 is 0 Å². The number of ether oxygens (including phenoxy) is 2. The van der Waals surface area contributed by atoms with Crippen molar-refractivity contribution in [3.8, 4) is 11.6 Å². The van der Waals surface area contributed by atoms with E-state index in [2.05, 4.69) is 17.2 Å². The van der Waals surface area contributed by atoms with Crippen LogP contribution < -0.4 is 14.8 Å². The number of nitrogens with zero attached hydrogens (tertiary/aromatic N) is 2. The van der Waals surface area contributed by atoms with Crippen molar-refractivity contribution in [1.29, 1.82) is 0 Å². The topological polar surface area (TPSA) is 63.7 Å². The highest BCUT2D eigenvalue weighted by molar-refractivity contribution is 5.89. The molecule has 1 aliphatic rings. The summed E-state index contributed by atoms with van der Waals surface area (Å²) in [6.45, 7) is 6.06. The van der Waals surface area contributed by atoms with Gasteiger partial charge in [0.25, 0.3) is 0 Å². The first kappa shape index (κ1) is 19.0. The zero-order chi connectivity index (χ0) is 19.1. The van der Waals surface area contributed by atoms with Crippen LogP contribution in [0.4, 0.5) is 10.5 Å². The molecule has 2 heterocycles. The molecule has 2 amide bonds. The number of aryl methyl sites for hydroxylation is 1. The number of nitrogens with one attached hydrogen (secondary N) is 1. The van der Waals surface area contributed by atoms with Crippen LogP contribution in [0.2, 0.25) is 0 Å². The van der Waals surface area contributed by atoms with Crippen molar-refractivity contribution in [3.63, 3.8) is 0 Å². The summed E-state index contributed by atoms with van der Waals surface area (Å²) in [4.78, 5) is 18.5. The predicted octanol–water partition coefficient (Wildman–Crippen LogP) is 4.25. The van der Waals surface area contributed by atoms with Crippen molar-refractivity contribution >= 4 is 11.7 Å². The number of carbonyl (C=O) groups is 1. The lowest BCUT2D eigenvalue weighted by atomic mass is 10.3. The Balaban J connectivity index is 1.46. The van der Waals surface area contributed by atoms with Gasteiger partial charge in [-0.05, 0) is 43.2 Å². The molecule has 0 saturated carbocycles. The molecular weight excluding hydrogens is 342 g/mol. The Morgan fingerprint density at radius 2 is 2.07 bits per heavy atom. The highest BCUT2D eigenvalue weighted by Crippen LogP contribution is 2.20. The lowest BCUT2D eigenvalue weighted by Gasteiger charge is -2.18. The first-order valence-corrected chi connectivity index (χ1v) is 9.52. The van der Waals surface area contributed by atoms with Crippen LogP contribution in [0, 0.1) is 6.92 Å². The number of pyridine rings is 1. The molecule has 0 bridgehead atoms. The second-order valence-electron chi connectivity index (χ2n) is 6.80. The van der Waals surface area contributed by atoms with E-state index in [4.69, 9.17) is 9.47 Å². The Morgan fingerprint density at radius 3 is 2.78 bits per heavy atom. The van der Waals surface area contributed by atoms with Gasteiger partial charge in [0, 0.05) is 30.9 Å². The van der Waals surface area contributed by atoms with Crippen molar-refractivity contribution in [2.45, 2.75) is 39.2 Å². The van der Waals surface area contributed by atoms with Crippen molar-refractivity contribution in [3.05, 3.63) is 48.2 Å². The SMILES string of the molecule is CCCCOc1ccc(NC(=O)N2CCC(Oc3ccc(C)cn3)C2)cc1. The van der Waals surface area contributed by atoms with Crippen molar-refractivity contribution in [2.75, 3.05) is 25.0 Å². The highest BCUT2D eigenvalue weighted by Gasteiger charge is 2.28. The van der Waals surface area contributed by atoms with Gasteiger partial charge in [-0.15, -0.1) is 0 Å².